The van der Waals surface area contributed by atoms with Crippen LogP contribution >= 0.6 is 0 Å². The van der Waals surface area contributed by atoms with Gasteiger partial charge in [0.2, 0.25) is 10.0 Å². The minimum atomic E-state index is -3.34. The lowest BCUT2D eigenvalue weighted by atomic mass is 10.2. The molecule has 1 aromatic rings. The molecule has 0 spiro atoms. The molecule has 3 N–H and O–H groups in total. The Morgan fingerprint density at radius 1 is 1.16 bits per heavy atom. The van der Waals surface area contributed by atoms with Crippen LogP contribution in [-0.2, 0) is 25.2 Å². The maximum Gasteiger partial charge on any atom is 0.215 e. The Morgan fingerprint density at radius 2 is 1.84 bits per heavy atom. The van der Waals surface area contributed by atoms with Crippen molar-refractivity contribution in [3.05, 3.63) is 29.8 Å². The molecular formula is C12H20N2O4S. The molecule has 0 heterocycles. The molecule has 0 atom stereocenters. The van der Waals surface area contributed by atoms with Gasteiger partial charge in [0.25, 0.3) is 0 Å². The predicted octanol–water partition coefficient (Wildman–Crippen LogP) is 0.351. The summed E-state index contributed by atoms with van der Waals surface area (Å²) in [4.78, 5) is 0. The van der Waals surface area contributed by atoms with Crippen molar-refractivity contribution < 1.29 is 17.9 Å². The first-order chi connectivity index (χ1) is 9.03. The first-order valence-corrected chi connectivity index (χ1v) is 7.57. The molecule has 0 saturated carbocycles. The number of nitrogens with one attached hydrogen (secondary N) is 1. The van der Waals surface area contributed by atoms with Crippen molar-refractivity contribution in [1.29, 1.82) is 0 Å². The third kappa shape index (κ3) is 7.12. The van der Waals surface area contributed by atoms with Gasteiger partial charge in [-0.15, -0.1) is 0 Å². The SMILES string of the molecule is COCCOCCNS(=O)(=O)Cc1ccc(N)cc1. The average molecular weight is 288 g/mol. The number of hydrogen-bond donors (Lipinski definition) is 2. The van der Waals surface area contributed by atoms with E-state index in [1.54, 1.807) is 31.4 Å². The Bertz CT molecular complexity index is 459. The largest absolute Gasteiger partial charge is 0.399 e. The molecule has 6 nitrogen and oxygen atoms in total. The van der Waals surface area contributed by atoms with E-state index < -0.39 is 10.0 Å². The number of methoxy groups -OCH3 is 1. The standard InChI is InChI=1S/C12H20N2O4S/c1-17-8-9-18-7-6-14-19(15,16)10-11-2-4-12(13)5-3-11/h2-5,14H,6-10,13H2,1H3. The Labute approximate surface area is 113 Å². The molecule has 0 aromatic heterocycles. The fraction of sp³-hybridized carbons (Fsp3) is 0.500. The summed E-state index contributed by atoms with van der Waals surface area (Å²) in [6, 6.07) is 6.75. The van der Waals surface area contributed by atoms with Crippen molar-refractivity contribution in [1.82, 2.24) is 4.72 Å². The maximum atomic E-state index is 11.8. The van der Waals surface area contributed by atoms with Crippen LogP contribution in [0.5, 0.6) is 0 Å². The van der Waals surface area contributed by atoms with Crippen LogP contribution in [0.3, 0.4) is 0 Å². The molecule has 0 unspecified atom stereocenters. The van der Waals surface area contributed by atoms with Gasteiger partial charge >= 0.3 is 0 Å². The van der Waals surface area contributed by atoms with Crippen LogP contribution in [0.4, 0.5) is 5.69 Å². The fourth-order valence-electron chi connectivity index (χ4n) is 1.40. The number of sulfonamides is 1. The second-order valence-electron chi connectivity index (χ2n) is 4.00. The van der Waals surface area contributed by atoms with E-state index in [0.29, 0.717) is 31.1 Å². The van der Waals surface area contributed by atoms with E-state index in [1.165, 1.54) is 0 Å². The van der Waals surface area contributed by atoms with Gasteiger partial charge in [-0.1, -0.05) is 12.1 Å². The molecule has 1 rings (SSSR count). The van der Waals surface area contributed by atoms with Gasteiger partial charge in [0.1, 0.15) is 0 Å². The third-order valence-corrected chi connectivity index (χ3v) is 3.69. The highest BCUT2D eigenvalue weighted by molar-refractivity contribution is 7.88. The summed E-state index contributed by atoms with van der Waals surface area (Å²) in [6.45, 7) is 1.53. The van der Waals surface area contributed by atoms with E-state index in [-0.39, 0.29) is 12.3 Å². The van der Waals surface area contributed by atoms with Gasteiger partial charge in [-0.3, -0.25) is 0 Å². The number of nitrogens with two attached hydrogens (primary N) is 1. The van der Waals surface area contributed by atoms with Crippen LogP contribution in [-0.4, -0.2) is 41.9 Å². The molecule has 1 aromatic carbocycles. The van der Waals surface area contributed by atoms with Crippen LogP contribution in [0, 0.1) is 0 Å². The minimum absolute atomic E-state index is 0.0641. The van der Waals surface area contributed by atoms with Crippen LogP contribution in [0.25, 0.3) is 0 Å². The summed E-state index contributed by atoms with van der Waals surface area (Å²) in [7, 11) is -1.76. The molecule has 108 valence electrons. The molecule has 0 aliphatic carbocycles. The topological polar surface area (TPSA) is 90.6 Å². The van der Waals surface area contributed by atoms with E-state index in [2.05, 4.69) is 4.72 Å². The summed E-state index contributed by atoms with van der Waals surface area (Å²) in [5.74, 6) is -0.0641. The van der Waals surface area contributed by atoms with E-state index in [9.17, 15) is 8.42 Å². The first kappa shape index (κ1) is 15.9. The Balaban J connectivity index is 2.30. The lowest BCUT2D eigenvalue weighted by molar-refractivity contribution is 0.0736. The van der Waals surface area contributed by atoms with Crippen molar-refractivity contribution in [2.45, 2.75) is 5.75 Å². The molecular weight excluding hydrogens is 268 g/mol. The number of anilines is 1. The van der Waals surface area contributed by atoms with Gasteiger partial charge in [0.15, 0.2) is 0 Å². The zero-order valence-electron chi connectivity index (χ0n) is 11.0. The first-order valence-electron chi connectivity index (χ1n) is 5.92. The number of hydrogen-bond acceptors (Lipinski definition) is 5. The summed E-state index contributed by atoms with van der Waals surface area (Å²) >= 11 is 0. The van der Waals surface area contributed by atoms with Crippen molar-refractivity contribution >= 4 is 15.7 Å². The van der Waals surface area contributed by atoms with Crippen molar-refractivity contribution in [2.24, 2.45) is 0 Å². The zero-order valence-corrected chi connectivity index (χ0v) is 11.8. The maximum absolute atomic E-state index is 11.8. The smallest absolute Gasteiger partial charge is 0.215 e. The number of nitrogen functional groups attached to an aromatic ring is 1. The van der Waals surface area contributed by atoms with Crippen molar-refractivity contribution in [2.75, 3.05) is 39.2 Å². The van der Waals surface area contributed by atoms with E-state index in [0.717, 1.165) is 0 Å². The molecule has 0 bridgehead atoms. The van der Waals surface area contributed by atoms with Gasteiger partial charge < -0.3 is 15.2 Å². The second-order valence-corrected chi connectivity index (χ2v) is 5.81. The Morgan fingerprint density at radius 3 is 2.47 bits per heavy atom. The highest BCUT2D eigenvalue weighted by Crippen LogP contribution is 2.08. The van der Waals surface area contributed by atoms with Crippen molar-refractivity contribution in [3.8, 4) is 0 Å². The predicted molar refractivity (Wildman–Crippen MR) is 74.2 cm³/mol. The highest BCUT2D eigenvalue weighted by Gasteiger charge is 2.10. The second kappa shape index (κ2) is 8.11. The van der Waals surface area contributed by atoms with Crippen LogP contribution in [0.2, 0.25) is 0 Å². The van der Waals surface area contributed by atoms with Gasteiger partial charge in [-0.25, -0.2) is 13.1 Å². The normalized spacial score (nSPS) is 11.6. The summed E-state index contributed by atoms with van der Waals surface area (Å²) in [5.41, 5.74) is 6.84. The van der Waals surface area contributed by atoms with Crippen LogP contribution < -0.4 is 10.5 Å². The van der Waals surface area contributed by atoms with Gasteiger partial charge in [-0.2, -0.15) is 0 Å². The van der Waals surface area contributed by atoms with Crippen molar-refractivity contribution in [3.63, 3.8) is 0 Å². The summed E-state index contributed by atoms with van der Waals surface area (Å²) < 4.78 is 35.9. The third-order valence-electron chi connectivity index (χ3n) is 2.34. The molecule has 0 radical (unpaired) electrons. The van der Waals surface area contributed by atoms with Gasteiger partial charge in [0, 0.05) is 19.3 Å². The highest BCUT2D eigenvalue weighted by atomic mass is 32.2. The Kier molecular flexibility index (Phi) is 6.79. The van der Waals surface area contributed by atoms with Crippen LogP contribution in [0.15, 0.2) is 24.3 Å². The number of rotatable bonds is 9. The lowest BCUT2D eigenvalue weighted by Gasteiger charge is -2.07. The molecule has 19 heavy (non-hydrogen) atoms. The molecule has 7 heteroatoms. The quantitative estimate of drug-likeness (QED) is 0.505. The fourth-order valence-corrected chi connectivity index (χ4v) is 2.53. The van der Waals surface area contributed by atoms with Crippen LogP contribution in [0.1, 0.15) is 5.56 Å². The number of benzene rings is 1. The zero-order chi connectivity index (χ0) is 14.1. The lowest BCUT2D eigenvalue weighted by Crippen LogP contribution is -2.29. The monoisotopic (exact) mass is 288 g/mol. The molecule has 0 aliphatic rings. The minimum Gasteiger partial charge on any atom is -0.399 e. The Hall–Kier alpha value is -1.15. The molecule has 0 amide bonds. The number of ether oxygens (including phenoxy) is 2. The average Bonchev–Trinajstić information content (AvgIpc) is 2.36. The van der Waals surface area contributed by atoms with E-state index in [4.69, 9.17) is 15.2 Å². The van der Waals surface area contributed by atoms with Gasteiger partial charge in [-0.05, 0) is 17.7 Å². The summed E-state index contributed by atoms with van der Waals surface area (Å²) in [5, 5.41) is 0. The van der Waals surface area contributed by atoms with E-state index >= 15 is 0 Å². The molecule has 0 aliphatic heterocycles. The summed E-state index contributed by atoms with van der Waals surface area (Å²) in [6.07, 6.45) is 0. The molecule has 0 saturated heterocycles. The molecule has 0 fully saturated rings. The van der Waals surface area contributed by atoms with Gasteiger partial charge in [0.05, 0.1) is 25.6 Å². The van der Waals surface area contributed by atoms with E-state index in [1.807, 2.05) is 0 Å².